The van der Waals surface area contributed by atoms with E-state index in [0.717, 1.165) is 29.4 Å². The van der Waals surface area contributed by atoms with Crippen LogP contribution in [0.15, 0.2) is 48.5 Å². The Morgan fingerprint density at radius 2 is 0.615 bits per heavy atom. The van der Waals surface area contributed by atoms with Crippen molar-refractivity contribution in [3.05, 3.63) is 93.0 Å². The van der Waals surface area contributed by atoms with Crippen LogP contribution in [0, 0.1) is 66.7 Å². The normalized spacial score (nSPS) is 14.1. The predicted octanol–water partition coefficient (Wildman–Crippen LogP) is 10.6. The highest BCUT2D eigenvalue weighted by Crippen LogP contribution is 2.61. The summed E-state index contributed by atoms with van der Waals surface area (Å²) in [5, 5.41) is 5.63. The lowest BCUT2D eigenvalue weighted by atomic mass is 9.70. The van der Waals surface area contributed by atoms with Crippen LogP contribution in [-0.2, 0) is 0 Å². The van der Waals surface area contributed by atoms with Crippen LogP contribution < -0.4 is 40.2 Å². The highest BCUT2D eigenvalue weighted by atomic mass is 31.1. The first-order valence-electron chi connectivity index (χ1n) is 18.7. The molecule has 4 aromatic rings. The average Bonchev–Trinajstić information content (AvgIpc) is 3.05. The topological polar surface area (TPSA) is 36.9 Å². The summed E-state index contributed by atoms with van der Waals surface area (Å²) in [5.74, 6) is 4.33. The smallest absolute Gasteiger partial charge is 0.124 e. The van der Waals surface area contributed by atoms with Crippen molar-refractivity contribution in [2.75, 3.05) is 28.4 Å². The second-order valence-corrected chi connectivity index (χ2v) is 20.3. The predicted molar refractivity (Wildman–Crippen MR) is 229 cm³/mol. The quantitative estimate of drug-likeness (QED) is 0.121. The minimum atomic E-state index is -0.814. The molecule has 2 atom stereocenters. The van der Waals surface area contributed by atoms with Gasteiger partial charge in [0.05, 0.1) is 28.4 Å². The van der Waals surface area contributed by atoms with Crippen molar-refractivity contribution in [3.8, 4) is 23.0 Å². The molecule has 52 heavy (non-hydrogen) atoms. The summed E-state index contributed by atoms with van der Waals surface area (Å²) >= 11 is 0. The van der Waals surface area contributed by atoms with Gasteiger partial charge in [0, 0.05) is 0 Å². The maximum Gasteiger partial charge on any atom is 0.124 e. The highest BCUT2D eigenvalue weighted by molar-refractivity contribution is 7.74. The molecule has 6 heteroatoms. The molecule has 0 aromatic heterocycles. The summed E-state index contributed by atoms with van der Waals surface area (Å²) < 4.78 is 23.5. The molecule has 0 heterocycles. The third-order valence-electron chi connectivity index (χ3n) is 11.7. The molecule has 2 unspecified atom stereocenters. The Morgan fingerprint density at radius 1 is 0.423 bits per heavy atom. The van der Waals surface area contributed by atoms with Crippen LogP contribution >= 0.6 is 15.8 Å². The van der Waals surface area contributed by atoms with Gasteiger partial charge in [0.25, 0.3) is 0 Å². The number of ether oxygens (including phenoxy) is 4. The minimum Gasteiger partial charge on any atom is -0.496 e. The van der Waals surface area contributed by atoms with Crippen molar-refractivity contribution < 1.29 is 18.9 Å². The van der Waals surface area contributed by atoms with Crippen LogP contribution in [-0.4, -0.2) is 39.8 Å². The summed E-state index contributed by atoms with van der Waals surface area (Å²) in [7, 11) is 5.51. The zero-order valence-electron chi connectivity index (χ0n) is 35.1. The van der Waals surface area contributed by atoms with E-state index < -0.39 is 15.8 Å². The molecule has 4 nitrogen and oxygen atoms in total. The van der Waals surface area contributed by atoms with Crippen molar-refractivity contribution in [2.45, 2.75) is 108 Å². The van der Waals surface area contributed by atoms with E-state index in [1.165, 1.54) is 65.7 Å². The third kappa shape index (κ3) is 7.63. The van der Waals surface area contributed by atoms with Crippen LogP contribution in [0.1, 0.15) is 85.5 Å². The van der Waals surface area contributed by atoms with Gasteiger partial charge in [-0.25, -0.2) is 0 Å². The van der Waals surface area contributed by atoms with Gasteiger partial charge >= 0.3 is 0 Å². The average molecular weight is 743 g/mol. The van der Waals surface area contributed by atoms with E-state index in [1.54, 1.807) is 28.4 Å². The van der Waals surface area contributed by atoms with Crippen LogP contribution in [0.25, 0.3) is 0 Å². The second-order valence-electron chi connectivity index (χ2n) is 15.2. The Morgan fingerprint density at radius 3 is 0.750 bits per heavy atom. The zero-order valence-corrected chi connectivity index (χ0v) is 36.9. The van der Waals surface area contributed by atoms with Crippen molar-refractivity contribution in [1.82, 2.24) is 0 Å². The molecular weight excluding hydrogens is 678 g/mol. The first kappa shape index (κ1) is 41.7. The lowest BCUT2D eigenvalue weighted by molar-refractivity contribution is 0.176. The Kier molecular flexibility index (Phi) is 13.6. The van der Waals surface area contributed by atoms with Gasteiger partial charge in [-0.15, -0.1) is 0 Å². The first-order valence-corrected chi connectivity index (χ1v) is 21.5. The van der Waals surface area contributed by atoms with Crippen molar-refractivity contribution in [2.24, 2.45) is 11.3 Å². The molecule has 282 valence electrons. The van der Waals surface area contributed by atoms with Gasteiger partial charge in [-0.3, -0.25) is 0 Å². The molecule has 0 aliphatic carbocycles. The Balaban J connectivity index is 2.09. The van der Waals surface area contributed by atoms with E-state index in [4.69, 9.17) is 18.9 Å². The van der Waals surface area contributed by atoms with Crippen molar-refractivity contribution in [3.63, 3.8) is 0 Å². The molecule has 0 radical (unpaired) electrons. The Labute approximate surface area is 318 Å². The monoisotopic (exact) mass is 742 g/mol. The molecule has 4 rings (SSSR count). The lowest BCUT2D eigenvalue weighted by Crippen LogP contribution is -2.49. The van der Waals surface area contributed by atoms with Crippen molar-refractivity contribution in [1.29, 1.82) is 0 Å². The fourth-order valence-electron chi connectivity index (χ4n) is 9.54. The van der Waals surface area contributed by atoms with E-state index in [9.17, 15) is 0 Å². The first-order chi connectivity index (χ1) is 24.5. The number of hydrogen-bond acceptors (Lipinski definition) is 4. The fraction of sp³-hybridized carbons (Fsp3) is 0.478. The summed E-state index contributed by atoms with van der Waals surface area (Å²) in [6.45, 7) is 30.1. The third-order valence-corrected chi connectivity index (χ3v) is 17.5. The van der Waals surface area contributed by atoms with Gasteiger partial charge in [-0.05, 0) is 215 Å². The van der Waals surface area contributed by atoms with Gasteiger partial charge in [0.15, 0.2) is 0 Å². The molecule has 0 fully saturated rings. The Bertz CT molecular complexity index is 1550. The molecule has 0 saturated heterocycles. The van der Waals surface area contributed by atoms with Gasteiger partial charge in [0.2, 0.25) is 0 Å². The van der Waals surface area contributed by atoms with E-state index >= 15 is 0 Å². The number of methoxy groups -OCH3 is 4. The van der Waals surface area contributed by atoms with Crippen molar-refractivity contribution >= 4 is 37.1 Å². The number of aryl methyl sites for hydroxylation is 8. The molecule has 0 spiro atoms. The molecule has 0 N–H and O–H groups in total. The maximum atomic E-state index is 5.89. The highest BCUT2D eigenvalue weighted by Gasteiger charge is 2.49. The van der Waals surface area contributed by atoms with Crippen LogP contribution in [0.3, 0.4) is 0 Å². The van der Waals surface area contributed by atoms with Gasteiger partial charge in [-0.1, -0.05) is 34.6 Å². The number of rotatable bonds is 14. The van der Waals surface area contributed by atoms with E-state index in [0.29, 0.717) is 17.2 Å². The number of benzene rings is 4. The Hall–Kier alpha value is -3.06. The zero-order chi connectivity index (χ0) is 38.8. The minimum absolute atomic E-state index is 0.0235. The van der Waals surface area contributed by atoms with Crippen LogP contribution in [0.5, 0.6) is 23.0 Å². The van der Waals surface area contributed by atoms with E-state index in [2.05, 4.69) is 139 Å². The maximum absolute atomic E-state index is 5.89. The van der Waals surface area contributed by atoms with Crippen LogP contribution in [0.2, 0.25) is 0 Å². The molecule has 0 aliphatic heterocycles. The summed E-state index contributed by atoms with van der Waals surface area (Å²) in [6.07, 6.45) is 1.06. The van der Waals surface area contributed by atoms with Gasteiger partial charge < -0.3 is 18.9 Å². The molecule has 4 aromatic carbocycles. The fourth-order valence-corrected chi connectivity index (χ4v) is 17.1. The summed E-state index contributed by atoms with van der Waals surface area (Å²) in [5.41, 5.74) is 10.2. The second kappa shape index (κ2) is 17.0. The van der Waals surface area contributed by atoms with E-state index in [1.807, 2.05) is 0 Å². The van der Waals surface area contributed by atoms with Gasteiger partial charge in [0.1, 0.15) is 23.0 Å². The lowest BCUT2D eigenvalue weighted by Gasteiger charge is -2.52. The molecule has 0 aliphatic rings. The largest absolute Gasteiger partial charge is 0.496 e. The number of hydrogen-bond donors (Lipinski definition) is 0. The summed E-state index contributed by atoms with van der Waals surface area (Å²) in [6, 6.07) is 19.3. The summed E-state index contributed by atoms with van der Waals surface area (Å²) in [4.78, 5) is 0. The molecular formula is C46H64O4P2. The molecule has 0 saturated carbocycles. The van der Waals surface area contributed by atoms with E-state index in [-0.39, 0.29) is 5.41 Å². The van der Waals surface area contributed by atoms with Gasteiger partial charge in [-0.2, -0.15) is 0 Å². The SMILES string of the molecule is CCC(C(C)C)(C(C)P(c1cc(C)c(OC)c(C)c1)c1cc(C)c(OC)c(C)c1)C(C)P(c1cc(C)c(OC)c(C)c1)c1cc(C)c(OC)c(C)c1. The molecule has 0 bridgehead atoms. The van der Waals surface area contributed by atoms with Crippen LogP contribution in [0.4, 0.5) is 0 Å². The molecule has 0 amide bonds. The standard InChI is InChI=1S/C46H64O4P2/c1-18-46(27(2)3,36(12)51(38-19-28(4)42(47-14)29(5)20-38)39-21-30(6)43(48-15)31(7)22-39)37(13)52(40-23-32(8)44(49-16)33(9)24-40)41-25-34(10)45(50-17)35(11)26-41/h19-27,36-37H,18H2,1-17H3.